The number of anilines is 1. The number of ether oxygens (including phenoxy) is 1. The molecule has 0 amide bonds. The highest BCUT2D eigenvalue weighted by atomic mass is 16.5. The molecule has 0 fully saturated rings. The Kier molecular flexibility index (Phi) is 4.97. The van der Waals surface area contributed by atoms with Crippen LogP contribution in [0.2, 0.25) is 0 Å². The smallest absolute Gasteiger partial charge is 0.359 e. The molecule has 1 unspecified atom stereocenters. The van der Waals surface area contributed by atoms with Crippen LogP contribution in [-0.4, -0.2) is 36.9 Å². The Bertz CT molecular complexity index is 1050. The number of benzene rings is 2. The van der Waals surface area contributed by atoms with Crippen molar-refractivity contribution in [2.75, 3.05) is 25.6 Å². The Morgan fingerprint density at radius 3 is 2.62 bits per heavy atom. The first kappa shape index (κ1) is 19.0. The number of nitrogens with one attached hydrogen (secondary N) is 1. The highest BCUT2D eigenvalue weighted by Gasteiger charge is 2.37. The first-order valence-corrected chi connectivity index (χ1v) is 9.82. The lowest BCUT2D eigenvalue weighted by atomic mass is 9.68. The van der Waals surface area contributed by atoms with Crippen molar-refractivity contribution < 1.29 is 9.53 Å². The molecule has 0 saturated heterocycles. The zero-order valence-corrected chi connectivity index (χ0v) is 17.0. The maximum Gasteiger partial charge on any atom is 0.359 e. The topological polar surface area (TPSA) is 58.2 Å². The molecule has 1 heterocycles. The molecule has 1 N–H and O–H groups in total. The number of carbonyl (C=O) groups excluding carboxylic acids is 1. The summed E-state index contributed by atoms with van der Waals surface area (Å²) in [6.07, 6.45) is 4.88. The summed E-state index contributed by atoms with van der Waals surface area (Å²) in [7, 11) is 4.09. The van der Waals surface area contributed by atoms with Crippen molar-refractivity contribution in [2.45, 2.75) is 18.8 Å². The van der Waals surface area contributed by atoms with Gasteiger partial charge in [0, 0.05) is 42.9 Å². The second-order valence-corrected chi connectivity index (χ2v) is 7.48. The average Bonchev–Trinajstić information content (AvgIpc) is 3.17. The van der Waals surface area contributed by atoms with Crippen molar-refractivity contribution in [2.24, 2.45) is 0 Å². The number of allylic oxidation sites excluding steroid dienone is 1. The average molecular weight is 387 g/mol. The van der Waals surface area contributed by atoms with E-state index in [2.05, 4.69) is 69.7 Å². The SMILES string of the molecule is CCOC(=O)c1n[nH]c2c1C=CC(c1ccccc1)(c1cccc(N(C)C)c1)C2. The lowest BCUT2D eigenvalue weighted by Crippen LogP contribution is -2.31. The number of hydrogen-bond acceptors (Lipinski definition) is 4. The molecule has 5 heteroatoms. The minimum Gasteiger partial charge on any atom is -0.461 e. The molecule has 0 bridgehead atoms. The maximum absolute atomic E-state index is 12.3. The largest absolute Gasteiger partial charge is 0.461 e. The van der Waals surface area contributed by atoms with Crippen LogP contribution in [0.5, 0.6) is 0 Å². The van der Waals surface area contributed by atoms with Crippen molar-refractivity contribution in [1.29, 1.82) is 0 Å². The summed E-state index contributed by atoms with van der Waals surface area (Å²) in [6, 6.07) is 19.1. The van der Waals surface area contributed by atoms with E-state index >= 15 is 0 Å². The van der Waals surface area contributed by atoms with Gasteiger partial charge in [0.25, 0.3) is 0 Å². The molecular weight excluding hydrogens is 362 g/mol. The van der Waals surface area contributed by atoms with Crippen molar-refractivity contribution in [3.05, 3.63) is 88.8 Å². The summed E-state index contributed by atoms with van der Waals surface area (Å²) in [4.78, 5) is 14.4. The number of nitrogens with zero attached hydrogens (tertiary/aromatic N) is 2. The predicted molar refractivity (Wildman–Crippen MR) is 115 cm³/mol. The van der Waals surface area contributed by atoms with Gasteiger partial charge in [-0.25, -0.2) is 4.79 Å². The molecule has 0 aliphatic heterocycles. The predicted octanol–water partition coefficient (Wildman–Crippen LogP) is 4.21. The third kappa shape index (κ3) is 3.33. The molecule has 0 radical (unpaired) electrons. The van der Waals surface area contributed by atoms with E-state index in [0.717, 1.165) is 16.9 Å². The first-order chi connectivity index (χ1) is 14.0. The van der Waals surface area contributed by atoms with Crippen LogP contribution in [0, 0.1) is 0 Å². The van der Waals surface area contributed by atoms with Gasteiger partial charge in [0.15, 0.2) is 5.69 Å². The third-order valence-corrected chi connectivity index (χ3v) is 5.51. The highest BCUT2D eigenvalue weighted by molar-refractivity contribution is 5.92. The Labute approximate surface area is 171 Å². The van der Waals surface area contributed by atoms with E-state index in [1.807, 2.05) is 26.2 Å². The Hall–Kier alpha value is -3.34. The van der Waals surface area contributed by atoms with Crippen molar-refractivity contribution >= 4 is 17.7 Å². The molecule has 29 heavy (non-hydrogen) atoms. The highest BCUT2D eigenvalue weighted by Crippen LogP contribution is 2.42. The normalized spacial score (nSPS) is 17.6. The monoisotopic (exact) mass is 387 g/mol. The van der Waals surface area contributed by atoms with Crippen LogP contribution in [0.1, 0.15) is 39.8 Å². The van der Waals surface area contributed by atoms with Crippen molar-refractivity contribution in [1.82, 2.24) is 10.2 Å². The molecule has 148 valence electrons. The first-order valence-electron chi connectivity index (χ1n) is 9.82. The van der Waals surface area contributed by atoms with Crippen LogP contribution in [0.15, 0.2) is 60.7 Å². The second kappa shape index (κ2) is 7.59. The molecule has 4 rings (SSSR count). The van der Waals surface area contributed by atoms with Gasteiger partial charge in [0.05, 0.1) is 6.61 Å². The molecule has 2 aromatic carbocycles. The van der Waals surface area contributed by atoms with Crippen LogP contribution in [0.25, 0.3) is 6.08 Å². The lowest BCUT2D eigenvalue weighted by molar-refractivity contribution is 0.0519. The maximum atomic E-state index is 12.3. The number of aromatic amines is 1. The van der Waals surface area contributed by atoms with Gasteiger partial charge in [0.1, 0.15) is 0 Å². The number of carbonyl (C=O) groups is 1. The van der Waals surface area contributed by atoms with Gasteiger partial charge in [0.2, 0.25) is 0 Å². The molecule has 0 saturated carbocycles. The van der Waals surface area contributed by atoms with Crippen LogP contribution >= 0.6 is 0 Å². The fourth-order valence-electron chi connectivity index (χ4n) is 3.98. The minimum atomic E-state index is -0.392. The van der Waals surface area contributed by atoms with Gasteiger partial charge < -0.3 is 9.64 Å². The molecular formula is C24H25N3O2. The lowest BCUT2D eigenvalue weighted by Gasteiger charge is -2.35. The number of H-pyrrole nitrogens is 1. The molecule has 5 nitrogen and oxygen atoms in total. The molecule has 1 aliphatic rings. The Morgan fingerprint density at radius 2 is 1.90 bits per heavy atom. The number of aromatic nitrogens is 2. The summed E-state index contributed by atoms with van der Waals surface area (Å²) in [5.74, 6) is -0.392. The summed E-state index contributed by atoms with van der Waals surface area (Å²) < 4.78 is 5.15. The summed E-state index contributed by atoms with van der Waals surface area (Å²) >= 11 is 0. The number of fused-ring (bicyclic) bond motifs is 1. The Morgan fingerprint density at radius 1 is 1.14 bits per heavy atom. The summed E-state index contributed by atoms with van der Waals surface area (Å²) in [5, 5.41) is 7.34. The minimum absolute atomic E-state index is 0.329. The summed E-state index contributed by atoms with van der Waals surface area (Å²) in [6.45, 7) is 2.13. The van der Waals surface area contributed by atoms with Crippen molar-refractivity contribution in [3.63, 3.8) is 0 Å². The number of esters is 1. The van der Waals surface area contributed by atoms with Gasteiger partial charge in [-0.2, -0.15) is 5.10 Å². The van der Waals surface area contributed by atoms with E-state index in [-0.39, 0.29) is 5.41 Å². The van der Waals surface area contributed by atoms with Gasteiger partial charge >= 0.3 is 5.97 Å². The molecule has 3 aromatic rings. The Balaban J connectivity index is 1.84. The van der Waals surface area contributed by atoms with Crippen LogP contribution in [0.4, 0.5) is 5.69 Å². The third-order valence-electron chi connectivity index (χ3n) is 5.51. The van der Waals surface area contributed by atoms with Gasteiger partial charge in [-0.1, -0.05) is 54.6 Å². The van der Waals surface area contributed by atoms with Crippen molar-refractivity contribution in [3.8, 4) is 0 Å². The van der Waals surface area contributed by atoms with Crippen LogP contribution < -0.4 is 4.90 Å². The fourth-order valence-corrected chi connectivity index (χ4v) is 3.98. The molecule has 1 aromatic heterocycles. The van der Waals surface area contributed by atoms with E-state index < -0.39 is 5.97 Å². The second-order valence-electron chi connectivity index (χ2n) is 7.48. The van der Waals surface area contributed by atoms with E-state index in [1.54, 1.807) is 6.92 Å². The van der Waals surface area contributed by atoms with Crippen LogP contribution in [0.3, 0.4) is 0 Å². The number of hydrogen-bond donors (Lipinski definition) is 1. The molecule has 1 aliphatic carbocycles. The molecule has 1 atom stereocenters. The summed E-state index contributed by atoms with van der Waals surface area (Å²) in [5.41, 5.74) is 5.30. The zero-order valence-electron chi connectivity index (χ0n) is 17.0. The van der Waals surface area contributed by atoms with E-state index in [1.165, 1.54) is 11.1 Å². The number of rotatable bonds is 5. The van der Waals surface area contributed by atoms with Crippen LogP contribution in [-0.2, 0) is 16.6 Å². The van der Waals surface area contributed by atoms with Gasteiger partial charge in [-0.15, -0.1) is 0 Å². The van der Waals surface area contributed by atoms with Gasteiger partial charge in [-0.05, 0) is 30.2 Å². The van der Waals surface area contributed by atoms with Gasteiger partial charge in [-0.3, -0.25) is 5.10 Å². The van der Waals surface area contributed by atoms with E-state index in [0.29, 0.717) is 18.7 Å². The zero-order chi connectivity index (χ0) is 20.4. The van der Waals surface area contributed by atoms with E-state index in [9.17, 15) is 4.79 Å². The molecule has 0 spiro atoms. The van der Waals surface area contributed by atoms with E-state index in [4.69, 9.17) is 4.74 Å². The standard InChI is InChI=1S/C24H25N3O2/c1-4-29-23(28)22-20-13-14-24(16-21(20)25-26-22,17-9-6-5-7-10-17)18-11-8-12-19(15-18)27(2)3/h5-15H,4,16H2,1-3H3,(H,25,26). The fraction of sp³-hybridized carbons (Fsp3) is 0.250. The quantitative estimate of drug-likeness (QED) is 0.667.